The molecule has 1 aromatic carbocycles. The first kappa shape index (κ1) is 14.3. The van der Waals surface area contributed by atoms with Crippen molar-refractivity contribution in [2.45, 2.75) is 6.54 Å². The smallest absolute Gasteiger partial charge is 0.137 e. The van der Waals surface area contributed by atoms with E-state index in [1.165, 1.54) is 0 Å². The Morgan fingerprint density at radius 3 is 2.75 bits per heavy atom. The average Bonchev–Trinajstić information content (AvgIpc) is 2.47. The van der Waals surface area contributed by atoms with Crippen molar-refractivity contribution in [1.82, 2.24) is 4.98 Å². The minimum absolute atomic E-state index is 0.414. The van der Waals surface area contributed by atoms with Crippen LogP contribution in [0.3, 0.4) is 0 Å². The number of nitrogens with zero attached hydrogens (tertiary/aromatic N) is 2. The molecule has 0 fully saturated rings. The summed E-state index contributed by atoms with van der Waals surface area (Å²) in [6.07, 6.45) is 1.71. The second-order valence-electron chi connectivity index (χ2n) is 4.48. The van der Waals surface area contributed by atoms with Gasteiger partial charge < -0.3 is 15.4 Å². The van der Waals surface area contributed by atoms with E-state index in [9.17, 15) is 0 Å². The summed E-state index contributed by atoms with van der Waals surface area (Å²) in [6.45, 7) is 0.732. The Balaban J connectivity index is 2.12. The largest absolute Gasteiger partial charge is 0.495 e. The second-order valence-corrected chi connectivity index (χ2v) is 4.92. The van der Waals surface area contributed by atoms with Crippen molar-refractivity contribution in [2.24, 2.45) is 5.73 Å². The summed E-state index contributed by atoms with van der Waals surface area (Å²) in [5, 5.41) is 0. The van der Waals surface area contributed by atoms with E-state index in [1.54, 1.807) is 13.3 Å². The van der Waals surface area contributed by atoms with Crippen molar-refractivity contribution < 1.29 is 4.74 Å². The van der Waals surface area contributed by atoms with Crippen LogP contribution in [-0.2, 0) is 6.54 Å². The van der Waals surface area contributed by atoms with E-state index in [0.29, 0.717) is 4.99 Å². The first-order valence-electron chi connectivity index (χ1n) is 6.20. The highest BCUT2D eigenvalue weighted by Gasteiger charge is 2.05. The van der Waals surface area contributed by atoms with E-state index < -0.39 is 0 Å². The highest BCUT2D eigenvalue weighted by Crippen LogP contribution is 2.16. The van der Waals surface area contributed by atoms with E-state index in [2.05, 4.69) is 9.88 Å². The maximum absolute atomic E-state index is 5.65. The van der Waals surface area contributed by atoms with Gasteiger partial charge in [-0.1, -0.05) is 30.4 Å². The summed E-state index contributed by atoms with van der Waals surface area (Å²) in [5.74, 6) is 1.63. The molecular weight excluding hydrogens is 270 g/mol. The summed E-state index contributed by atoms with van der Waals surface area (Å²) in [5.41, 5.74) is 7.67. The van der Waals surface area contributed by atoms with Crippen molar-refractivity contribution in [3.8, 4) is 5.75 Å². The Bertz CT molecular complexity index is 598. The number of pyridine rings is 1. The van der Waals surface area contributed by atoms with Crippen LogP contribution in [0.4, 0.5) is 5.82 Å². The molecule has 20 heavy (non-hydrogen) atoms. The van der Waals surface area contributed by atoms with Crippen LogP contribution in [0.5, 0.6) is 5.75 Å². The molecule has 1 heterocycles. The van der Waals surface area contributed by atoms with Crippen molar-refractivity contribution in [2.75, 3.05) is 19.1 Å². The van der Waals surface area contributed by atoms with E-state index in [-0.39, 0.29) is 0 Å². The molecule has 0 spiro atoms. The fraction of sp³-hybridized carbons (Fsp3) is 0.200. The fourth-order valence-electron chi connectivity index (χ4n) is 1.90. The molecular formula is C15H17N3OS. The maximum atomic E-state index is 5.65. The Morgan fingerprint density at radius 1 is 1.35 bits per heavy atom. The Hall–Kier alpha value is -2.14. The molecule has 104 valence electrons. The molecule has 0 aliphatic carbocycles. The van der Waals surface area contributed by atoms with Gasteiger partial charge >= 0.3 is 0 Å². The topological polar surface area (TPSA) is 51.4 Å². The Labute approximate surface area is 124 Å². The summed E-state index contributed by atoms with van der Waals surface area (Å²) in [6, 6.07) is 11.7. The number of ether oxygens (including phenoxy) is 1. The Morgan fingerprint density at radius 2 is 2.15 bits per heavy atom. The minimum Gasteiger partial charge on any atom is -0.495 e. The van der Waals surface area contributed by atoms with Gasteiger partial charge in [0.1, 0.15) is 16.6 Å². The molecule has 0 amide bonds. The van der Waals surface area contributed by atoms with Crippen LogP contribution in [0.2, 0.25) is 0 Å². The van der Waals surface area contributed by atoms with Crippen LogP contribution >= 0.6 is 12.2 Å². The van der Waals surface area contributed by atoms with Gasteiger partial charge in [0.15, 0.2) is 0 Å². The lowest BCUT2D eigenvalue weighted by Crippen LogP contribution is -2.18. The van der Waals surface area contributed by atoms with Gasteiger partial charge in [0.05, 0.1) is 13.3 Å². The molecule has 0 saturated heterocycles. The lowest BCUT2D eigenvalue weighted by Gasteiger charge is -2.18. The molecule has 0 radical (unpaired) electrons. The first-order chi connectivity index (χ1) is 9.60. The second kappa shape index (κ2) is 6.34. The first-order valence-corrected chi connectivity index (χ1v) is 6.61. The van der Waals surface area contributed by atoms with Gasteiger partial charge in [0, 0.05) is 19.2 Å². The van der Waals surface area contributed by atoms with Crippen molar-refractivity contribution in [1.29, 1.82) is 0 Å². The average molecular weight is 287 g/mol. The number of anilines is 1. The van der Waals surface area contributed by atoms with Gasteiger partial charge in [0.2, 0.25) is 0 Å². The highest BCUT2D eigenvalue weighted by atomic mass is 32.1. The highest BCUT2D eigenvalue weighted by molar-refractivity contribution is 7.80. The van der Waals surface area contributed by atoms with E-state index in [4.69, 9.17) is 22.7 Å². The zero-order valence-corrected chi connectivity index (χ0v) is 12.4. The molecule has 2 aromatic rings. The zero-order chi connectivity index (χ0) is 14.5. The van der Waals surface area contributed by atoms with Crippen LogP contribution in [0.15, 0.2) is 42.6 Å². The van der Waals surface area contributed by atoms with Crippen LogP contribution in [0.1, 0.15) is 11.1 Å². The molecule has 0 aliphatic heterocycles. The molecule has 0 unspecified atom stereocenters. The van der Waals surface area contributed by atoms with Crippen LogP contribution in [0.25, 0.3) is 0 Å². The standard InChI is InChI=1S/C15H17N3OS/c1-18(14-7-6-13(19-2)9-17-14)10-11-4-3-5-12(8-11)15(16)20/h3-9H,10H2,1-2H3,(H2,16,20). The van der Waals surface area contributed by atoms with Crippen molar-refractivity contribution >= 4 is 23.0 Å². The predicted molar refractivity (Wildman–Crippen MR) is 85.2 cm³/mol. The number of rotatable bonds is 5. The quantitative estimate of drug-likeness (QED) is 0.856. The Kier molecular flexibility index (Phi) is 4.53. The number of aromatic nitrogens is 1. The van der Waals surface area contributed by atoms with Crippen molar-refractivity contribution in [3.63, 3.8) is 0 Å². The number of methoxy groups -OCH3 is 1. The molecule has 4 nitrogen and oxygen atoms in total. The summed E-state index contributed by atoms with van der Waals surface area (Å²) in [7, 11) is 3.61. The number of benzene rings is 1. The minimum atomic E-state index is 0.414. The monoisotopic (exact) mass is 287 g/mol. The van der Waals surface area contributed by atoms with Gasteiger partial charge in [-0.05, 0) is 23.8 Å². The third kappa shape index (κ3) is 3.45. The molecule has 0 atom stereocenters. The maximum Gasteiger partial charge on any atom is 0.137 e. The molecule has 0 bridgehead atoms. The van der Waals surface area contributed by atoms with Gasteiger partial charge in [-0.2, -0.15) is 0 Å². The number of thiocarbonyl (C=S) groups is 1. The molecule has 0 saturated carbocycles. The lowest BCUT2D eigenvalue weighted by atomic mass is 10.1. The number of hydrogen-bond acceptors (Lipinski definition) is 4. The van der Waals surface area contributed by atoms with E-state index >= 15 is 0 Å². The van der Waals surface area contributed by atoms with E-state index in [1.807, 2.05) is 43.4 Å². The zero-order valence-electron chi connectivity index (χ0n) is 11.5. The predicted octanol–water partition coefficient (Wildman–Crippen LogP) is 2.36. The van der Waals surface area contributed by atoms with Crippen LogP contribution in [-0.4, -0.2) is 24.1 Å². The van der Waals surface area contributed by atoms with Gasteiger partial charge in [0.25, 0.3) is 0 Å². The van der Waals surface area contributed by atoms with Gasteiger partial charge in [-0.15, -0.1) is 0 Å². The number of hydrogen-bond donors (Lipinski definition) is 1. The fourth-order valence-corrected chi connectivity index (χ4v) is 2.02. The lowest BCUT2D eigenvalue weighted by molar-refractivity contribution is 0.413. The van der Waals surface area contributed by atoms with Crippen LogP contribution in [0, 0.1) is 0 Å². The summed E-state index contributed by atoms with van der Waals surface area (Å²) in [4.78, 5) is 6.82. The van der Waals surface area contributed by atoms with Gasteiger partial charge in [-0.25, -0.2) is 4.98 Å². The third-order valence-corrected chi connectivity index (χ3v) is 3.21. The van der Waals surface area contributed by atoms with Gasteiger partial charge in [-0.3, -0.25) is 0 Å². The normalized spacial score (nSPS) is 10.1. The molecule has 2 rings (SSSR count). The van der Waals surface area contributed by atoms with E-state index in [0.717, 1.165) is 29.2 Å². The number of nitrogens with two attached hydrogens (primary N) is 1. The molecule has 0 aliphatic rings. The van der Waals surface area contributed by atoms with Crippen LogP contribution < -0.4 is 15.4 Å². The SMILES string of the molecule is COc1ccc(N(C)Cc2cccc(C(N)=S)c2)nc1. The molecule has 2 N–H and O–H groups in total. The molecule has 1 aromatic heterocycles. The molecule has 5 heteroatoms. The third-order valence-electron chi connectivity index (χ3n) is 2.98. The summed E-state index contributed by atoms with van der Waals surface area (Å²) < 4.78 is 5.10. The van der Waals surface area contributed by atoms with Crippen molar-refractivity contribution in [3.05, 3.63) is 53.7 Å². The summed E-state index contributed by atoms with van der Waals surface area (Å²) >= 11 is 4.99.